The van der Waals surface area contributed by atoms with Crippen molar-refractivity contribution < 1.29 is 37.0 Å². The van der Waals surface area contributed by atoms with E-state index in [4.69, 9.17) is 9.47 Å². The fourth-order valence-electron chi connectivity index (χ4n) is 5.23. The standard InChI is InChI=1S/C29H31F3N2O5/c1-27(2)15-22-25(23(35)16-27)28(29(30,31)32,26(37)34(22)17-19-7-12-21(39-4)13-8-19)33-24(36)14-9-18-5-10-20(38-3)11-6-18/h5-8,10-13H,9,14-17H2,1-4H3,(H,33,36)/t28-/m1/s1. The Morgan fingerprint density at radius 3 is 1.97 bits per heavy atom. The molecule has 1 aliphatic heterocycles. The average molecular weight is 545 g/mol. The summed E-state index contributed by atoms with van der Waals surface area (Å²) >= 11 is 0. The summed E-state index contributed by atoms with van der Waals surface area (Å²) in [5, 5.41) is 1.99. The zero-order chi connectivity index (χ0) is 28.6. The van der Waals surface area contributed by atoms with Crippen LogP contribution in [0.4, 0.5) is 13.2 Å². The predicted octanol–water partition coefficient (Wildman–Crippen LogP) is 4.74. The lowest BCUT2D eigenvalue weighted by Gasteiger charge is -2.35. The molecule has 0 bridgehead atoms. The highest BCUT2D eigenvalue weighted by Gasteiger charge is 2.71. The molecule has 39 heavy (non-hydrogen) atoms. The third kappa shape index (κ3) is 5.37. The third-order valence-corrected chi connectivity index (χ3v) is 7.17. The number of hydrogen-bond donors (Lipinski definition) is 1. The molecule has 0 saturated heterocycles. The maximum Gasteiger partial charge on any atom is 0.425 e. The van der Waals surface area contributed by atoms with Crippen LogP contribution in [0.3, 0.4) is 0 Å². The smallest absolute Gasteiger partial charge is 0.425 e. The average Bonchev–Trinajstić information content (AvgIpc) is 3.10. The molecule has 1 heterocycles. The number of methoxy groups -OCH3 is 2. The van der Waals surface area contributed by atoms with E-state index in [1.165, 1.54) is 14.2 Å². The number of hydrogen-bond acceptors (Lipinski definition) is 5. The molecule has 0 spiro atoms. The van der Waals surface area contributed by atoms with Gasteiger partial charge in [-0.15, -0.1) is 0 Å². The highest BCUT2D eigenvalue weighted by atomic mass is 19.4. The zero-order valence-corrected chi connectivity index (χ0v) is 22.3. The first kappa shape index (κ1) is 28.2. The van der Waals surface area contributed by atoms with Gasteiger partial charge in [-0.1, -0.05) is 38.1 Å². The summed E-state index contributed by atoms with van der Waals surface area (Å²) in [6.45, 7) is 3.35. The topological polar surface area (TPSA) is 84.9 Å². The van der Waals surface area contributed by atoms with Crippen LogP contribution in [0.25, 0.3) is 0 Å². The van der Waals surface area contributed by atoms with E-state index in [9.17, 15) is 27.6 Å². The van der Waals surface area contributed by atoms with Crippen molar-refractivity contribution in [3.63, 3.8) is 0 Å². The minimum Gasteiger partial charge on any atom is -0.497 e. The van der Waals surface area contributed by atoms with Crippen molar-refractivity contribution in [1.82, 2.24) is 10.2 Å². The second-order valence-corrected chi connectivity index (χ2v) is 10.6. The lowest BCUT2D eigenvalue weighted by molar-refractivity contribution is -0.194. The van der Waals surface area contributed by atoms with E-state index in [1.807, 2.05) is 5.32 Å². The molecular weight excluding hydrogens is 513 g/mol. The number of aryl methyl sites for hydroxylation is 1. The Bertz CT molecular complexity index is 1300. The van der Waals surface area contributed by atoms with Crippen molar-refractivity contribution in [2.75, 3.05) is 14.2 Å². The number of ketones is 1. The summed E-state index contributed by atoms with van der Waals surface area (Å²) in [7, 11) is 2.99. The van der Waals surface area contributed by atoms with Crippen LogP contribution in [0.15, 0.2) is 59.8 Å². The number of benzene rings is 2. The van der Waals surface area contributed by atoms with E-state index in [0.717, 1.165) is 4.90 Å². The largest absolute Gasteiger partial charge is 0.497 e. The maximum atomic E-state index is 14.9. The fourth-order valence-corrected chi connectivity index (χ4v) is 5.23. The van der Waals surface area contributed by atoms with Gasteiger partial charge < -0.3 is 19.7 Å². The van der Waals surface area contributed by atoms with E-state index < -0.39 is 40.3 Å². The number of halogens is 3. The number of carbonyl (C=O) groups is 3. The highest BCUT2D eigenvalue weighted by molar-refractivity contribution is 6.13. The van der Waals surface area contributed by atoms with Crippen molar-refractivity contribution in [3.8, 4) is 11.5 Å². The molecule has 2 aliphatic rings. The lowest BCUT2D eigenvalue weighted by atomic mass is 9.72. The minimum atomic E-state index is -5.24. The Morgan fingerprint density at radius 1 is 0.923 bits per heavy atom. The molecule has 7 nitrogen and oxygen atoms in total. The summed E-state index contributed by atoms with van der Waals surface area (Å²) in [6.07, 6.45) is -5.50. The quantitative estimate of drug-likeness (QED) is 0.519. The van der Waals surface area contributed by atoms with E-state index >= 15 is 0 Å². The van der Waals surface area contributed by atoms with Gasteiger partial charge in [-0.25, -0.2) is 0 Å². The van der Waals surface area contributed by atoms with Crippen LogP contribution in [0.1, 0.15) is 44.2 Å². The van der Waals surface area contributed by atoms with Gasteiger partial charge in [0.1, 0.15) is 11.5 Å². The van der Waals surface area contributed by atoms with Crippen LogP contribution in [-0.2, 0) is 27.3 Å². The Labute approximate surface area is 225 Å². The van der Waals surface area contributed by atoms with Gasteiger partial charge in [-0.2, -0.15) is 13.2 Å². The normalized spacial score (nSPS) is 20.6. The van der Waals surface area contributed by atoms with Crippen LogP contribution in [0, 0.1) is 5.41 Å². The van der Waals surface area contributed by atoms with Crippen molar-refractivity contribution >= 4 is 17.6 Å². The zero-order valence-electron chi connectivity index (χ0n) is 22.3. The van der Waals surface area contributed by atoms with Crippen LogP contribution < -0.4 is 14.8 Å². The summed E-state index contributed by atoms with van der Waals surface area (Å²) in [5.74, 6) is -1.99. The maximum absolute atomic E-state index is 14.9. The van der Waals surface area contributed by atoms with Crippen LogP contribution in [0.5, 0.6) is 11.5 Å². The van der Waals surface area contributed by atoms with E-state index in [0.29, 0.717) is 22.6 Å². The third-order valence-electron chi connectivity index (χ3n) is 7.17. The van der Waals surface area contributed by atoms with Gasteiger partial charge in [-0.3, -0.25) is 14.4 Å². The summed E-state index contributed by atoms with van der Waals surface area (Å²) < 4.78 is 55.1. The van der Waals surface area contributed by atoms with Crippen molar-refractivity contribution in [2.24, 2.45) is 5.41 Å². The Morgan fingerprint density at radius 2 is 1.46 bits per heavy atom. The number of ether oxygens (including phenoxy) is 2. The molecule has 10 heteroatoms. The Kier molecular flexibility index (Phi) is 7.51. The molecule has 208 valence electrons. The van der Waals surface area contributed by atoms with Crippen LogP contribution >= 0.6 is 0 Å². The first-order chi connectivity index (χ1) is 18.3. The van der Waals surface area contributed by atoms with Crippen molar-refractivity contribution in [3.05, 3.63) is 70.9 Å². The number of alkyl halides is 3. The molecule has 1 atom stereocenters. The van der Waals surface area contributed by atoms with Gasteiger partial charge in [0, 0.05) is 18.5 Å². The molecular formula is C29H31F3N2O5. The first-order valence-electron chi connectivity index (χ1n) is 12.5. The molecule has 0 unspecified atom stereocenters. The molecule has 1 N–H and O–H groups in total. The van der Waals surface area contributed by atoms with Gasteiger partial charge in [0.15, 0.2) is 5.78 Å². The van der Waals surface area contributed by atoms with Gasteiger partial charge in [-0.05, 0) is 53.6 Å². The molecule has 2 amide bonds. The number of carbonyl (C=O) groups excluding carboxylic acids is 3. The van der Waals surface area contributed by atoms with Crippen molar-refractivity contribution in [2.45, 2.75) is 57.8 Å². The van der Waals surface area contributed by atoms with E-state index in [-0.39, 0.29) is 37.9 Å². The Balaban J connectivity index is 1.69. The highest BCUT2D eigenvalue weighted by Crippen LogP contribution is 2.52. The minimum absolute atomic E-state index is 0.00449. The molecule has 1 aliphatic carbocycles. The lowest BCUT2D eigenvalue weighted by Crippen LogP contribution is -2.66. The van der Waals surface area contributed by atoms with E-state index in [2.05, 4.69) is 0 Å². The first-order valence-corrected chi connectivity index (χ1v) is 12.5. The van der Waals surface area contributed by atoms with Crippen LogP contribution in [-0.4, -0.2) is 48.4 Å². The Hall–Kier alpha value is -3.82. The molecule has 2 aromatic carbocycles. The molecule has 2 aromatic rings. The second kappa shape index (κ2) is 10.4. The van der Waals surface area contributed by atoms with Crippen LogP contribution in [0.2, 0.25) is 0 Å². The number of amides is 2. The monoisotopic (exact) mass is 544 g/mol. The second-order valence-electron chi connectivity index (χ2n) is 10.6. The summed E-state index contributed by atoms with van der Waals surface area (Å²) in [6, 6.07) is 13.3. The molecule has 4 rings (SSSR count). The SMILES string of the molecule is COc1ccc(CCC(=O)N[C@@]2(C(F)(F)F)C(=O)N(Cc3ccc(OC)cc3)C3=C2C(=O)CC(C)(C)C3)cc1. The molecule has 0 saturated carbocycles. The number of Topliss-reactive ketones (excluding diaryl/α,β-unsaturated/α-hetero) is 1. The fraction of sp³-hybridized carbons (Fsp3) is 0.414. The summed E-state index contributed by atoms with van der Waals surface area (Å²) in [5.41, 5.74) is -3.51. The summed E-state index contributed by atoms with van der Waals surface area (Å²) in [4.78, 5) is 41.0. The number of rotatable bonds is 8. The van der Waals surface area contributed by atoms with Gasteiger partial charge in [0.05, 0.1) is 26.3 Å². The number of allylic oxidation sites excluding steroid dienone is 1. The molecule has 0 radical (unpaired) electrons. The van der Waals surface area contributed by atoms with Gasteiger partial charge in [0.2, 0.25) is 11.4 Å². The molecule has 0 fully saturated rings. The number of nitrogens with zero attached hydrogens (tertiary/aromatic N) is 1. The molecule has 0 aromatic heterocycles. The van der Waals surface area contributed by atoms with E-state index in [1.54, 1.807) is 62.4 Å². The predicted molar refractivity (Wildman–Crippen MR) is 137 cm³/mol. The van der Waals surface area contributed by atoms with Gasteiger partial charge in [0.25, 0.3) is 5.91 Å². The number of nitrogens with one attached hydrogen (secondary N) is 1. The van der Waals surface area contributed by atoms with Gasteiger partial charge >= 0.3 is 6.18 Å². The van der Waals surface area contributed by atoms with Crippen molar-refractivity contribution in [1.29, 1.82) is 0 Å².